The molecule has 0 amide bonds. The zero-order valence-corrected chi connectivity index (χ0v) is 14.4. The van der Waals surface area contributed by atoms with Crippen LogP contribution in [0.3, 0.4) is 0 Å². The zero-order chi connectivity index (χ0) is 13.7. The fraction of sp³-hybridized carbons (Fsp3) is 0.357. The van der Waals surface area contributed by atoms with Crippen LogP contribution in [0.25, 0.3) is 0 Å². The van der Waals surface area contributed by atoms with Gasteiger partial charge in [-0.15, -0.1) is 11.3 Å². The molecule has 2 nitrogen and oxygen atoms in total. The summed E-state index contributed by atoms with van der Waals surface area (Å²) >= 11 is 10.2. The Kier molecular flexibility index (Phi) is 6.06. The molecule has 5 heteroatoms. The summed E-state index contributed by atoms with van der Waals surface area (Å²) in [7, 11) is 0. The molecule has 1 unspecified atom stereocenters. The second kappa shape index (κ2) is 7.57. The summed E-state index contributed by atoms with van der Waals surface area (Å²) in [6, 6.07) is 6.38. The first kappa shape index (κ1) is 15.2. The summed E-state index contributed by atoms with van der Waals surface area (Å²) in [5, 5.41) is 4.40. The molecule has 0 aliphatic carbocycles. The van der Waals surface area contributed by atoms with Gasteiger partial charge in [0.05, 0.1) is 5.51 Å². The standard InChI is InChI=1S/C14H16ClIN2S/c1-2-5-18-14(7-11-8-17-9-19-11)12-6-10(15)3-4-13(12)16/h3-4,6,8-9,14,18H,2,5,7H2,1H3. The minimum atomic E-state index is 0.297. The van der Waals surface area contributed by atoms with E-state index in [0.717, 1.165) is 24.4 Å². The van der Waals surface area contributed by atoms with E-state index in [4.69, 9.17) is 11.6 Å². The van der Waals surface area contributed by atoms with Crippen LogP contribution < -0.4 is 5.32 Å². The van der Waals surface area contributed by atoms with Gasteiger partial charge in [0, 0.05) is 32.1 Å². The maximum Gasteiger partial charge on any atom is 0.0794 e. The van der Waals surface area contributed by atoms with Gasteiger partial charge >= 0.3 is 0 Å². The number of benzene rings is 1. The van der Waals surface area contributed by atoms with Crippen molar-refractivity contribution in [2.24, 2.45) is 0 Å². The van der Waals surface area contributed by atoms with Crippen molar-refractivity contribution in [2.45, 2.75) is 25.8 Å². The average molecular weight is 407 g/mol. The van der Waals surface area contributed by atoms with Gasteiger partial charge in [-0.2, -0.15) is 0 Å². The Labute approximate surface area is 136 Å². The topological polar surface area (TPSA) is 24.9 Å². The molecule has 1 heterocycles. The molecule has 0 saturated carbocycles. The fourth-order valence-electron chi connectivity index (χ4n) is 1.94. The number of thiazole rings is 1. The third kappa shape index (κ3) is 4.41. The molecule has 1 aromatic heterocycles. The van der Waals surface area contributed by atoms with Crippen LogP contribution >= 0.6 is 45.5 Å². The predicted octanol–water partition coefficient (Wildman–Crippen LogP) is 4.68. The Bertz CT molecular complexity index is 516. The first-order valence-corrected chi connectivity index (χ1v) is 8.60. The Morgan fingerprint density at radius 1 is 1.47 bits per heavy atom. The van der Waals surface area contributed by atoms with Crippen LogP contribution in [0.15, 0.2) is 29.9 Å². The van der Waals surface area contributed by atoms with Crippen molar-refractivity contribution in [3.8, 4) is 0 Å². The summed E-state index contributed by atoms with van der Waals surface area (Å²) in [5.74, 6) is 0. The minimum Gasteiger partial charge on any atom is -0.310 e. The number of nitrogens with zero attached hydrogens (tertiary/aromatic N) is 1. The van der Waals surface area contributed by atoms with Crippen molar-refractivity contribution in [2.75, 3.05) is 6.54 Å². The number of halogens is 2. The highest BCUT2D eigenvalue weighted by Crippen LogP contribution is 2.27. The van der Waals surface area contributed by atoms with Crippen LogP contribution in [0.2, 0.25) is 5.02 Å². The lowest BCUT2D eigenvalue weighted by Crippen LogP contribution is -2.24. The number of rotatable bonds is 6. The van der Waals surface area contributed by atoms with Gasteiger partial charge in [0.1, 0.15) is 0 Å². The van der Waals surface area contributed by atoms with Crippen molar-refractivity contribution in [1.29, 1.82) is 0 Å². The van der Waals surface area contributed by atoms with Gasteiger partial charge < -0.3 is 5.32 Å². The molecule has 0 aliphatic heterocycles. The molecule has 1 aromatic carbocycles. The molecule has 0 saturated heterocycles. The summed E-state index contributed by atoms with van der Waals surface area (Å²) in [6.45, 7) is 3.19. The maximum atomic E-state index is 6.14. The summed E-state index contributed by atoms with van der Waals surface area (Å²) in [6.07, 6.45) is 4.03. The fourth-order valence-corrected chi connectivity index (χ4v) is 3.47. The first-order chi connectivity index (χ1) is 9.20. The molecule has 0 bridgehead atoms. The summed E-state index contributed by atoms with van der Waals surface area (Å²) in [4.78, 5) is 5.45. The van der Waals surface area contributed by atoms with Gasteiger partial charge in [-0.3, -0.25) is 4.98 Å². The smallest absolute Gasteiger partial charge is 0.0794 e. The molecule has 0 spiro atoms. The van der Waals surface area contributed by atoms with E-state index in [1.165, 1.54) is 14.0 Å². The first-order valence-electron chi connectivity index (χ1n) is 6.26. The third-order valence-electron chi connectivity index (χ3n) is 2.86. The molecule has 1 N–H and O–H groups in total. The lowest BCUT2D eigenvalue weighted by molar-refractivity contribution is 0.530. The average Bonchev–Trinajstić information content (AvgIpc) is 2.90. The van der Waals surface area contributed by atoms with Crippen LogP contribution in [-0.4, -0.2) is 11.5 Å². The molecule has 2 aromatic rings. The summed E-state index contributed by atoms with van der Waals surface area (Å²) < 4.78 is 1.25. The van der Waals surface area contributed by atoms with Gasteiger partial charge in [0.15, 0.2) is 0 Å². The second-order valence-corrected chi connectivity index (χ2v) is 6.91. The molecular weight excluding hydrogens is 391 g/mol. The van der Waals surface area contributed by atoms with Crippen molar-refractivity contribution < 1.29 is 0 Å². The SMILES string of the molecule is CCCNC(Cc1cncs1)c1cc(Cl)ccc1I. The van der Waals surface area contributed by atoms with Crippen molar-refractivity contribution in [3.05, 3.63) is 48.9 Å². The van der Waals surface area contributed by atoms with Crippen molar-refractivity contribution >= 4 is 45.5 Å². The van der Waals surface area contributed by atoms with E-state index in [1.54, 1.807) is 11.3 Å². The van der Waals surface area contributed by atoms with Crippen molar-refractivity contribution in [1.82, 2.24) is 10.3 Å². The van der Waals surface area contributed by atoms with Gasteiger partial charge in [-0.05, 0) is 59.3 Å². The Morgan fingerprint density at radius 2 is 2.32 bits per heavy atom. The Morgan fingerprint density at radius 3 is 3.00 bits per heavy atom. The highest BCUT2D eigenvalue weighted by atomic mass is 127. The van der Waals surface area contributed by atoms with Gasteiger partial charge in [-0.25, -0.2) is 0 Å². The molecule has 1 atom stereocenters. The highest BCUT2D eigenvalue weighted by Gasteiger charge is 2.15. The predicted molar refractivity (Wildman–Crippen MR) is 91.0 cm³/mol. The monoisotopic (exact) mass is 406 g/mol. The third-order valence-corrected chi connectivity index (χ3v) is 4.88. The lowest BCUT2D eigenvalue weighted by atomic mass is 10.0. The Balaban J connectivity index is 2.23. The van der Waals surface area contributed by atoms with E-state index < -0.39 is 0 Å². The molecule has 0 fully saturated rings. The van der Waals surface area contributed by atoms with Crippen LogP contribution in [-0.2, 0) is 6.42 Å². The number of aromatic nitrogens is 1. The van der Waals surface area contributed by atoms with Gasteiger partial charge in [-0.1, -0.05) is 18.5 Å². The molecule has 2 rings (SSSR count). The van der Waals surface area contributed by atoms with Crippen LogP contribution in [0.1, 0.15) is 29.8 Å². The molecular formula is C14H16ClIN2S. The molecule has 19 heavy (non-hydrogen) atoms. The van der Waals surface area contributed by atoms with Crippen LogP contribution in [0.5, 0.6) is 0 Å². The number of nitrogens with one attached hydrogen (secondary N) is 1. The molecule has 0 radical (unpaired) electrons. The quantitative estimate of drug-likeness (QED) is 0.704. The van der Waals surface area contributed by atoms with Crippen molar-refractivity contribution in [3.63, 3.8) is 0 Å². The van der Waals surface area contributed by atoms with Crippen LogP contribution in [0, 0.1) is 3.57 Å². The zero-order valence-electron chi connectivity index (χ0n) is 10.7. The van der Waals surface area contributed by atoms with Gasteiger partial charge in [0.2, 0.25) is 0 Å². The summed E-state index contributed by atoms with van der Waals surface area (Å²) in [5.41, 5.74) is 3.16. The molecule has 102 valence electrons. The van der Waals surface area contributed by atoms with E-state index in [0.29, 0.717) is 6.04 Å². The van der Waals surface area contributed by atoms with E-state index in [9.17, 15) is 0 Å². The minimum absolute atomic E-state index is 0.297. The number of hydrogen-bond acceptors (Lipinski definition) is 3. The van der Waals surface area contributed by atoms with E-state index in [1.807, 2.05) is 17.8 Å². The van der Waals surface area contributed by atoms with Crippen LogP contribution in [0.4, 0.5) is 0 Å². The maximum absolute atomic E-state index is 6.14. The van der Waals surface area contributed by atoms with E-state index in [2.05, 4.69) is 51.9 Å². The Hall–Kier alpha value is -0.170. The largest absolute Gasteiger partial charge is 0.310 e. The molecule has 0 aliphatic rings. The van der Waals surface area contributed by atoms with E-state index >= 15 is 0 Å². The normalized spacial score (nSPS) is 12.6. The number of hydrogen-bond donors (Lipinski definition) is 1. The second-order valence-electron chi connectivity index (χ2n) is 4.34. The lowest BCUT2D eigenvalue weighted by Gasteiger charge is -2.20. The van der Waals surface area contributed by atoms with E-state index in [-0.39, 0.29) is 0 Å². The van der Waals surface area contributed by atoms with Gasteiger partial charge in [0.25, 0.3) is 0 Å². The highest BCUT2D eigenvalue weighted by molar-refractivity contribution is 14.1.